The molecule has 2 N–H and O–H groups in total. The predicted molar refractivity (Wildman–Crippen MR) is 128 cm³/mol. The van der Waals surface area contributed by atoms with Crippen molar-refractivity contribution in [1.82, 2.24) is 0 Å². The Balaban J connectivity index is 2.54. The van der Waals surface area contributed by atoms with E-state index < -0.39 is 96.7 Å². The van der Waals surface area contributed by atoms with E-state index in [-0.39, 0.29) is 5.57 Å². The molecule has 0 spiro atoms. The molecule has 1 saturated heterocycles. The highest BCUT2D eigenvalue weighted by atomic mass is 32.1. The van der Waals surface area contributed by atoms with Crippen molar-refractivity contribution in [3.8, 4) is 0 Å². The second kappa shape index (κ2) is 14.5. The summed E-state index contributed by atoms with van der Waals surface area (Å²) in [6.07, 6.45) is -8.86. The van der Waals surface area contributed by atoms with Crippen molar-refractivity contribution in [3.63, 3.8) is 0 Å². The van der Waals surface area contributed by atoms with Gasteiger partial charge < -0.3 is 48.1 Å². The number of esters is 4. The van der Waals surface area contributed by atoms with E-state index in [0.29, 0.717) is 6.26 Å². The van der Waals surface area contributed by atoms with Crippen LogP contribution >= 0.6 is 12.6 Å². The highest BCUT2D eigenvalue weighted by Crippen LogP contribution is 2.37. The summed E-state index contributed by atoms with van der Waals surface area (Å²) < 4.78 is 42.2. The van der Waals surface area contributed by atoms with E-state index in [1.807, 2.05) is 0 Å². The molecule has 0 bridgehead atoms. The van der Waals surface area contributed by atoms with Crippen LogP contribution in [0.3, 0.4) is 0 Å². The van der Waals surface area contributed by atoms with Gasteiger partial charge in [-0.05, 0) is 0 Å². The van der Waals surface area contributed by atoms with Crippen molar-refractivity contribution in [2.24, 2.45) is 5.92 Å². The van der Waals surface area contributed by atoms with Crippen molar-refractivity contribution < 1.29 is 76.9 Å². The monoisotopic (exact) mass is 592 g/mol. The summed E-state index contributed by atoms with van der Waals surface area (Å²) in [5.41, 5.74) is -0.693. The maximum atomic E-state index is 12.0. The quantitative estimate of drug-likeness (QED) is 0.136. The van der Waals surface area contributed by atoms with Crippen LogP contribution in [0, 0.1) is 5.92 Å². The number of carbonyl (C=O) groups excluding carboxylic acids is 5. The number of methoxy groups -OCH3 is 1. The van der Waals surface area contributed by atoms with Crippen LogP contribution in [0.15, 0.2) is 23.7 Å². The first-order valence-corrected chi connectivity index (χ1v) is 11.9. The Bertz CT molecular complexity index is 1070. The average molecular weight is 593 g/mol. The minimum atomic E-state index is -1.76. The maximum Gasteiger partial charge on any atom is 0.364 e. The topological polar surface area (TPSA) is 217 Å². The molecular weight excluding hydrogens is 564 g/mol. The number of carboxylic acid groups (broad SMARTS) is 1. The van der Waals surface area contributed by atoms with Gasteiger partial charge >= 0.3 is 35.1 Å². The van der Waals surface area contributed by atoms with Gasteiger partial charge in [0.25, 0.3) is 0 Å². The molecule has 2 aliphatic rings. The number of aliphatic hydroxyl groups is 1. The Morgan fingerprint density at radius 1 is 0.975 bits per heavy atom. The molecule has 7 atom stereocenters. The van der Waals surface area contributed by atoms with Gasteiger partial charge in [0, 0.05) is 32.3 Å². The molecule has 40 heavy (non-hydrogen) atoms. The lowest BCUT2D eigenvalue weighted by Gasteiger charge is -2.45. The predicted octanol–water partition coefficient (Wildman–Crippen LogP) is 0.535. The summed E-state index contributed by atoms with van der Waals surface area (Å²) in [5, 5.41) is 18.3. The normalized spacial score (nSPS) is 28.8. The molecule has 0 unspecified atom stereocenters. The number of aliphatic carboxylic acids is 1. The minimum Gasteiger partial charge on any atom is -0.515 e. The number of carbonyl (C=O) groups is 6. The summed E-state index contributed by atoms with van der Waals surface area (Å²) in [7, 11) is 1.08. The van der Waals surface area contributed by atoms with E-state index in [0.717, 1.165) is 34.1 Å². The number of rotatable bonds is 10. The van der Waals surface area contributed by atoms with Crippen molar-refractivity contribution >= 4 is 47.8 Å². The second-order valence-corrected chi connectivity index (χ2v) is 8.65. The van der Waals surface area contributed by atoms with Crippen molar-refractivity contribution in [1.29, 1.82) is 0 Å². The Morgan fingerprint density at radius 2 is 1.60 bits per heavy atom. The standard InChI is InChI=1S/C23H28O16S/c1-9(25)33-8-15-17(35-10(2)26)18(36-11(3)27)19(38-23(31)40)22(37-15)39-21-13(6-24)12(5-16(28)32-4)14(7-34-21)20(29)30/h6-7,12,15,17-19,21-22,24H,5,8H2,1-4H3,(H,29,30)(H,31,40)/b13-6+/t12-,15-,17-,18+,19-,21+,22+/m0/s1. The molecule has 16 nitrogen and oxygen atoms in total. The van der Waals surface area contributed by atoms with Crippen LogP contribution in [0.25, 0.3) is 0 Å². The zero-order valence-corrected chi connectivity index (χ0v) is 22.6. The third-order valence-electron chi connectivity index (χ3n) is 5.50. The summed E-state index contributed by atoms with van der Waals surface area (Å²) in [6, 6.07) is 0. The molecule has 0 amide bonds. The molecule has 0 aromatic heterocycles. The van der Waals surface area contributed by atoms with E-state index in [1.54, 1.807) is 0 Å². The maximum absolute atomic E-state index is 12.0. The third-order valence-corrected chi connectivity index (χ3v) is 5.61. The number of thiol groups is 1. The second-order valence-electron chi connectivity index (χ2n) is 8.29. The first-order chi connectivity index (χ1) is 18.8. The minimum absolute atomic E-state index is 0.271. The fourth-order valence-corrected chi connectivity index (χ4v) is 4.04. The lowest BCUT2D eigenvalue weighted by Crippen LogP contribution is -2.63. The summed E-state index contributed by atoms with van der Waals surface area (Å²) in [4.78, 5) is 70.8. The van der Waals surface area contributed by atoms with Crippen LogP contribution in [0.4, 0.5) is 4.79 Å². The molecule has 0 aliphatic carbocycles. The molecule has 2 aliphatic heterocycles. The van der Waals surface area contributed by atoms with Crippen molar-refractivity contribution in [2.45, 2.75) is 64.2 Å². The number of aliphatic hydroxyl groups excluding tert-OH is 1. The zero-order valence-electron chi connectivity index (χ0n) is 21.7. The molecule has 0 aromatic rings. The Kier molecular flexibility index (Phi) is 11.8. The Hall–Kier alpha value is -3.83. The van der Waals surface area contributed by atoms with Gasteiger partial charge in [0.1, 0.15) is 12.7 Å². The van der Waals surface area contributed by atoms with E-state index >= 15 is 0 Å². The third kappa shape index (κ3) is 8.59. The smallest absolute Gasteiger partial charge is 0.364 e. The van der Waals surface area contributed by atoms with Crippen LogP contribution in [-0.4, -0.2) is 96.1 Å². The lowest BCUT2D eigenvalue weighted by molar-refractivity contribution is -0.328. The van der Waals surface area contributed by atoms with Crippen molar-refractivity contribution in [2.75, 3.05) is 13.7 Å². The fourth-order valence-electron chi connectivity index (χ4n) is 3.92. The van der Waals surface area contributed by atoms with Crippen LogP contribution < -0.4 is 0 Å². The molecule has 0 aromatic carbocycles. The molecular formula is C23H28O16S. The van der Waals surface area contributed by atoms with E-state index in [1.165, 1.54) is 0 Å². The van der Waals surface area contributed by atoms with Gasteiger partial charge in [0.2, 0.25) is 12.6 Å². The number of carboxylic acids is 1. The van der Waals surface area contributed by atoms with E-state index in [2.05, 4.69) is 17.4 Å². The fraction of sp³-hybridized carbons (Fsp3) is 0.565. The number of ether oxygens (including phenoxy) is 8. The highest BCUT2D eigenvalue weighted by molar-refractivity contribution is 7.96. The SMILES string of the molecule is COC(=O)C[C@@H]1C(C(=O)O)=CO[C@H](O[C@H]2O[C@@H](COC(C)=O)[C@H](OC(C)=O)[C@@H](OC(C)=O)[C@@H]2OC(=O)S)/C1=C/O. The molecule has 222 valence electrons. The highest BCUT2D eigenvalue weighted by Gasteiger charge is 2.54. The van der Waals surface area contributed by atoms with E-state index in [4.69, 9.17) is 33.2 Å². The summed E-state index contributed by atoms with van der Waals surface area (Å²) in [6.45, 7) is 2.60. The molecule has 0 radical (unpaired) electrons. The molecule has 2 rings (SSSR count). The average Bonchev–Trinajstić information content (AvgIpc) is 2.85. The molecule has 1 fully saturated rings. The molecule has 17 heteroatoms. The van der Waals surface area contributed by atoms with Gasteiger partial charge in [-0.25, -0.2) is 9.59 Å². The summed E-state index contributed by atoms with van der Waals surface area (Å²) in [5.74, 6) is -6.08. The van der Waals surface area contributed by atoms with Crippen LogP contribution in [0.2, 0.25) is 0 Å². The first-order valence-electron chi connectivity index (χ1n) is 11.5. The van der Waals surface area contributed by atoms with E-state index in [9.17, 15) is 39.0 Å². The van der Waals surface area contributed by atoms with Crippen LogP contribution in [0.1, 0.15) is 27.2 Å². The van der Waals surface area contributed by atoms with Gasteiger partial charge in [0.15, 0.2) is 18.3 Å². The zero-order chi connectivity index (χ0) is 30.1. The van der Waals surface area contributed by atoms with Crippen LogP contribution in [0.5, 0.6) is 0 Å². The molecule has 2 heterocycles. The molecule has 0 saturated carbocycles. The van der Waals surface area contributed by atoms with Crippen LogP contribution in [-0.2, 0) is 61.9 Å². The lowest BCUT2D eigenvalue weighted by atomic mass is 9.87. The number of hydrogen-bond acceptors (Lipinski definition) is 15. The van der Waals surface area contributed by atoms with Gasteiger partial charge in [-0.1, -0.05) is 12.6 Å². The van der Waals surface area contributed by atoms with Gasteiger partial charge in [-0.3, -0.25) is 19.2 Å². The van der Waals surface area contributed by atoms with Gasteiger partial charge in [-0.15, -0.1) is 0 Å². The van der Waals surface area contributed by atoms with Gasteiger partial charge in [-0.2, -0.15) is 0 Å². The van der Waals surface area contributed by atoms with Crippen molar-refractivity contribution in [3.05, 3.63) is 23.7 Å². The summed E-state index contributed by atoms with van der Waals surface area (Å²) >= 11 is 3.57. The first kappa shape index (κ1) is 32.4. The Morgan fingerprint density at radius 3 is 2.10 bits per heavy atom. The number of hydrogen-bond donors (Lipinski definition) is 3. The van der Waals surface area contributed by atoms with Gasteiger partial charge in [0.05, 0.1) is 31.6 Å². The Labute approximate surface area is 232 Å². The largest absolute Gasteiger partial charge is 0.515 e.